The minimum atomic E-state index is -0.267. The Morgan fingerprint density at radius 3 is 2.27 bits per heavy atom. The first kappa shape index (κ1) is 9.00. The van der Waals surface area contributed by atoms with Crippen molar-refractivity contribution in [2.45, 2.75) is 31.4 Å². The first-order chi connectivity index (χ1) is 5.14. The zero-order valence-corrected chi connectivity index (χ0v) is 8.27. The number of carbonyl (C=O) groups excluding carboxylic acids is 1. The van der Waals surface area contributed by atoms with Gasteiger partial charge >= 0.3 is 0 Å². The van der Waals surface area contributed by atoms with Crippen LogP contribution in [0.1, 0.15) is 26.7 Å². The summed E-state index contributed by atoms with van der Waals surface area (Å²) in [6.07, 6.45) is 1.69. The molecule has 62 valence electrons. The van der Waals surface area contributed by atoms with Gasteiger partial charge in [0.25, 0.3) is 0 Å². The van der Waals surface area contributed by atoms with E-state index in [1.165, 1.54) is 11.8 Å². The molecule has 0 aromatic carbocycles. The number of rotatable bonds is 2. The molecule has 4 heteroatoms. The van der Waals surface area contributed by atoms with Crippen molar-refractivity contribution in [2.75, 3.05) is 0 Å². The zero-order chi connectivity index (χ0) is 8.48. The number of hydrogen-bond donors (Lipinski definition) is 1. The van der Waals surface area contributed by atoms with Gasteiger partial charge in [0.05, 0.1) is 0 Å². The molecule has 0 aliphatic carbocycles. The molecule has 0 atom stereocenters. The Morgan fingerprint density at radius 2 is 2.09 bits per heavy atom. The van der Waals surface area contributed by atoms with E-state index in [2.05, 4.69) is 5.32 Å². The van der Waals surface area contributed by atoms with Crippen LogP contribution < -0.4 is 5.32 Å². The molecule has 0 radical (unpaired) electrons. The predicted octanol–water partition coefficient (Wildman–Crippen LogP) is 1.69. The summed E-state index contributed by atoms with van der Waals surface area (Å²) in [5.74, 6) is 0.0810. The lowest BCUT2D eigenvalue weighted by molar-refractivity contribution is -0.121. The SMILES string of the molecule is CCC1(CC)SC(=S)NC1=O. The van der Waals surface area contributed by atoms with Gasteiger partial charge in [-0.25, -0.2) is 0 Å². The van der Waals surface area contributed by atoms with Crippen LogP contribution in [0.2, 0.25) is 0 Å². The first-order valence-corrected chi connectivity index (χ1v) is 4.91. The van der Waals surface area contributed by atoms with Crippen molar-refractivity contribution in [3.63, 3.8) is 0 Å². The van der Waals surface area contributed by atoms with Crippen molar-refractivity contribution in [2.24, 2.45) is 0 Å². The monoisotopic (exact) mass is 189 g/mol. The van der Waals surface area contributed by atoms with E-state index in [-0.39, 0.29) is 10.7 Å². The lowest BCUT2D eigenvalue weighted by atomic mass is 10.0. The molecule has 1 amide bonds. The average molecular weight is 189 g/mol. The standard InChI is InChI=1S/C7H11NOS2/c1-3-7(4-2)5(9)8-6(10)11-7/h3-4H2,1-2H3,(H,8,9,10). The molecule has 1 rings (SSSR count). The zero-order valence-electron chi connectivity index (χ0n) is 6.64. The van der Waals surface area contributed by atoms with Gasteiger partial charge in [-0.15, -0.1) is 0 Å². The molecule has 11 heavy (non-hydrogen) atoms. The summed E-state index contributed by atoms with van der Waals surface area (Å²) < 4.78 is 0.357. The van der Waals surface area contributed by atoms with E-state index < -0.39 is 0 Å². The van der Waals surface area contributed by atoms with E-state index in [1.807, 2.05) is 13.8 Å². The third-order valence-corrected chi connectivity index (χ3v) is 3.85. The van der Waals surface area contributed by atoms with Gasteiger partial charge < -0.3 is 5.32 Å². The van der Waals surface area contributed by atoms with Crippen LogP contribution >= 0.6 is 24.0 Å². The quantitative estimate of drug-likeness (QED) is 0.670. The second-order valence-electron chi connectivity index (χ2n) is 2.55. The lowest BCUT2D eigenvalue weighted by Gasteiger charge is -2.19. The van der Waals surface area contributed by atoms with Crippen molar-refractivity contribution in [3.8, 4) is 0 Å². The fourth-order valence-corrected chi connectivity index (χ4v) is 2.67. The molecule has 1 saturated heterocycles. The van der Waals surface area contributed by atoms with E-state index in [0.717, 1.165) is 12.8 Å². The van der Waals surface area contributed by atoms with E-state index in [1.54, 1.807) is 0 Å². The molecule has 1 heterocycles. The summed E-state index contributed by atoms with van der Waals surface area (Å²) in [5, 5.41) is 2.66. The van der Waals surface area contributed by atoms with Gasteiger partial charge in [0.15, 0.2) is 0 Å². The Bertz CT molecular complexity index is 199. The van der Waals surface area contributed by atoms with Crippen molar-refractivity contribution >= 4 is 34.2 Å². The first-order valence-electron chi connectivity index (χ1n) is 3.69. The largest absolute Gasteiger partial charge is 0.310 e. The predicted molar refractivity (Wildman–Crippen MR) is 51.6 cm³/mol. The van der Waals surface area contributed by atoms with Crippen molar-refractivity contribution in [1.82, 2.24) is 5.32 Å². The molecule has 0 aromatic heterocycles. The summed E-state index contributed by atoms with van der Waals surface area (Å²) in [6.45, 7) is 4.04. The Labute approximate surface area is 76.1 Å². The van der Waals surface area contributed by atoms with Gasteiger partial charge in [0.2, 0.25) is 5.91 Å². The molecule has 1 aliphatic rings. The van der Waals surface area contributed by atoms with Gasteiger partial charge in [-0.2, -0.15) is 0 Å². The molecule has 0 unspecified atom stereocenters. The van der Waals surface area contributed by atoms with Crippen LogP contribution in [0.25, 0.3) is 0 Å². The summed E-state index contributed by atoms with van der Waals surface area (Å²) in [4.78, 5) is 11.3. The molecular formula is C7H11NOS2. The molecular weight excluding hydrogens is 178 g/mol. The van der Waals surface area contributed by atoms with Crippen molar-refractivity contribution < 1.29 is 4.79 Å². The van der Waals surface area contributed by atoms with E-state index in [9.17, 15) is 4.79 Å². The highest BCUT2D eigenvalue weighted by Crippen LogP contribution is 2.37. The summed E-state index contributed by atoms with van der Waals surface area (Å²) in [6, 6.07) is 0. The van der Waals surface area contributed by atoms with Crippen LogP contribution in [-0.2, 0) is 4.79 Å². The lowest BCUT2D eigenvalue weighted by Crippen LogP contribution is -2.35. The second-order valence-corrected chi connectivity index (χ2v) is 4.61. The third kappa shape index (κ3) is 1.42. The maximum absolute atomic E-state index is 11.3. The fourth-order valence-electron chi connectivity index (χ4n) is 1.17. The summed E-state index contributed by atoms with van der Waals surface area (Å²) in [7, 11) is 0. The summed E-state index contributed by atoms with van der Waals surface area (Å²) in [5.41, 5.74) is 0. The van der Waals surface area contributed by atoms with E-state index in [4.69, 9.17) is 12.2 Å². The minimum absolute atomic E-state index is 0.0810. The number of hydrogen-bond acceptors (Lipinski definition) is 3. The Morgan fingerprint density at radius 1 is 1.55 bits per heavy atom. The average Bonchev–Trinajstić information content (AvgIpc) is 2.27. The molecule has 0 spiro atoms. The number of thioether (sulfide) groups is 1. The topological polar surface area (TPSA) is 29.1 Å². The summed E-state index contributed by atoms with van der Waals surface area (Å²) >= 11 is 6.40. The van der Waals surface area contributed by atoms with Gasteiger partial charge in [0.1, 0.15) is 9.07 Å². The fraction of sp³-hybridized carbons (Fsp3) is 0.714. The molecule has 0 bridgehead atoms. The second kappa shape index (κ2) is 3.11. The van der Waals surface area contributed by atoms with Crippen molar-refractivity contribution in [3.05, 3.63) is 0 Å². The van der Waals surface area contributed by atoms with Crippen LogP contribution in [0.5, 0.6) is 0 Å². The van der Waals surface area contributed by atoms with Gasteiger partial charge in [0, 0.05) is 0 Å². The van der Waals surface area contributed by atoms with Gasteiger partial charge in [-0.1, -0.05) is 37.8 Å². The normalized spacial score (nSPS) is 22.0. The maximum Gasteiger partial charge on any atom is 0.242 e. The van der Waals surface area contributed by atoms with Gasteiger partial charge in [-0.05, 0) is 12.8 Å². The molecule has 0 saturated carbocycles. The Balaban J connectivity index is 2.84. The van der Waals surface area contributed by atoms with Crippen LogP contribution in [0, 0.1) is 0 Å². The highest BCUT2D eigenvalue weighted by Gasteiger charge is 2.42. The van der Waals surface area contributed by atoms with E-state index >= 15 is 0 Å². The van der Waals surface area contributed by atoms with Crippen LogP contribution in [0.15, 0.2) is 0 Å². The van der Waals surface area contributed by atoms with Gasteiger partial charge in [-0.3, -0.25) is 4.79 Å². The third-order valence-electron chi connectivity index (χ3n) is 2.06. The molecule has 1 fully saturated rings. The van der Waals surface area contributed by atoms with Crippen molar-refractivity contribution in [1.29, 1.82) is 0 Å². The highest BCUT2D eigenvalue weighted by atomic mass is 32.2. The maximum atomic E-state index is 11.3. The molecule has 2 nitrogen and oxygen atoms in total. The van der Waals surface area contributed by atoms with Crippen LogP contribution in [0.4, 0.5) is 0 Å². The Hall–Kier alpha value is -0.0900. The highest BCUT2D eigenvalue weighted by molar-refractivity contribution is 8.25. The molecule has 0 aromatic rings. The van der Waals surface area contributed by atoms with Crippen LogP contribution in [-0.4, -0.2) is 15.0 Å². The number of amides is 1. The number of nitrogens with one attached hydrogen (secondary N) is 1. The number of thiocarbonyl (C=S) groups is 1. The molecule has 1 aliphatic heterocycles. The Kier molecular flexibility index (Phi) is 2.54. The van der Waals surface area contributed by atoms with Crippen LogP contribution in [0.3, 0.4) is 0 Å². The van der Waals surface area contributed by atoms with E-state index in [0.29, 0.717) is 4.32 Å². The minimum Gasteiger partial charge on any atom is -0.310 e. The molecule has 1 N–H and O–H groups in total. The number of carbonyl (C=O) groups is 1. The smallest absolute Gasteiger partial charge is 0.242 e.